The summed E-state index contributed by atoms with van der Waals surface area (Å²) < 4.78 is 17.0. The Kier molecular flexibility index (Phi) is 12.1. The average Bonchev–Trinajstić information content (AvgIpc) is 3.45. The van der Waals surface area contributed by atoms with Gasteiger partial charge in [0.2, 0.25) is 0 Å². The number of rotatable bonds is 4. The van der Waals surface area contributed by atoms with Crippen LogP contribution in [0.2, 0.25) is 0 Å². The van der Waals surface area contributed by atoms with Gasteiger partial charge in [0.1, 0.15) is 22.9 Å². The lowest BCUT2D eigenvalue weighted by Gasteiger charge is -2.05. The van der Waals surface area contributed by atoms with Gasteiger partial charge in [-0.25, -0.2) is 9.59 Å². The van der Waals surface area contributed by atoms with Crippen LogP contribution in [-0.4, -0.2) is 54.9 Å². The third-order valence-electron chi connectivity index (χ3n) is 5.09. The molecule has 4 rings (SSSR count). The number of esters is 2. The number of aryl methyl sites for hydroxylation is 4. The molecule has 0 saturated carbocycles. The fraction of sp³-hybridized carbons (Fsp3) is 0.250. The van der Waals surface area contributed by atoms with Crippen molar-refractivity contribution in [1.82, 2.24) is 28.7 Å². The number of nitrogen functional groups attached to an aromatic ring is 1. The topological polar surface area (TPSA) is 170 Å². The molecule has 0 aromatic carbocycles. The summed E-state index contributed by atoms with van der Waals surface area (Å²) in [6, 6.07) is 6.36. The second kappa shape index (κ2) is 14.8. The second-order valence-corrected chi connectivity index (χ2v) is 10.8. The zero-order valence-corrected chi connectivity index (χ0v) is 27.6. The van der Waals surface area contributed by atoms with Gasteiger partial charge in [-0.2, -0.15) is 10.2 Å². The molecule has 0 amide bonds. The van der Waals surface area contributed by atoms with E-state index in [4.69, 9.17) is 5.73 Å². The lowest BCUT2D eigenvalue weighted by Crippen LogP contribution is -2.19. The minimum absolute atomic E-state index is 0.0248. The van der Waals surface area contributed by atoms with E-state index < -0.39 is 11.9 Å². The minimum atomic E-state index is -0.491. The molecule has 0 radical (unpaired) electrons. The van der Waals surface area contributed by atoms with Gasteiger partial charge in [-0.1, -0.05) is 0 Å². The van der Waals surface area contributed by atoms with Crippen LogP contribution in [0.5, 0.6) is 0 Å². The Balaban J connectivity index is 0.000000236. The lowest BCUT2D eigenvalue weighted by molar-refractivity contribution is 0.0579. The number of methoxy groups -OCH3 is 2. The molecule has 4 heterocycles. The number of hydrogen-bond acceptors (Lipinski definition) is 10. The molecule has 220 valence electrons. The fourth-order valence-corrected chi connectivity index (χ4v) is 5.04. The van der Waals surface area contributed by atoms with Crippen LogP contribution in [0, 0.1) is 0 Å². The summed E-state index contributed by atoms with van der Waals surface area (Å²) in [5, 5.41) is 10.8. The molecular weight excluding hydrogens is 736 g/mol. The Labute approximate surface area is 259 Å². The first-order valence-electron chi connectivity index (χ1n) is 11.3. The molecule has 0 aliphatic carbocycles. The SMILES string of the molecule is COC(=O)c1cc(N)nn1C.COC(=O)c1cc(Nc2cc(Br)cn(C)c2=O)nn1C.Cn1cc(Br)cc(Br)c1=O. The molecule has 0 unspecified atom stereocenters. The first kappa shape index (κ1) is 33.5. The van der Waals surface area contributed by atoms with E-state index in [-0.39, 0.29) is 11.1 Å². The molecule has 0 atom stereocenters. The molecule has 0 fully saturated rings. The van der Waals surface area contributed by atoms with Crippen LogP contribution in [0.4, 0.5) is 17.3 Å². The maximum Gasteiger partial charge on any atom is 0.356 e. The molecule has 14 nitrogen and oxygen atoms in total. The second-order valence-electron chi connectivity index (χ2n) is 8.14. The molecule has 0 bridgehead atoms. The molecule has 41 heavy (non-hydrogen) atoms. The largest absolute Gasteiger partial charge is 0.464 e. The number of nitrogens with zero attached hydrogens (tertiary/aromatic N) is 6. The molecule has 17 heteroatoms. The van der Waals surface area contributed by atoms with Gasteiger partial charge in [-0.05, 0) is 59.9 Å². The normalized spacial score (nSPS) is 10.1. The van der Waals surface area contributed by atoms with Crippen LogP contribution in [0.25, 0.3) is 0 Å². The number of ether oxygens (including phenoxy) is 2. The maximum atomic E-state index is 12.0. The van der Waals surface area contributed by atoms with E-state index in [0.717, 1.165) is 8.95 Å². The number of nitrogens with two attached hydrogens (primary N) is 1. The Bertz CT molecular complexity index is 1650. The zero-order valence-electron chi connectivity index (χ0n) is 22.8. The van der Waals surface area contributed by atoms with Gasteiger partial charge < -0.3 is 29.7 Å². The van der Waals surface area contributed by atoms with Crippen molar-refractivity contribution in [3.05, 3.63) is 82.2 Å². The third kappa shape index (κ3) is 9.15. The Morgan fingerprint density at radius 3 is 1.76 bits per heavy atom. The van der Waals surface area contributed by atoms with E-state index in [1.165, 1.54) is 44.9 Å². The van der Waals surface area contributed by atoms with E-state index >= 15 is 0 Å². The summed E-state index contributed by atoms with van der Waals surface area (Å²) in [6.07, 6.45) is 3.37. The van der Waals surface area contributed by atoms with Crippen molar-refractivity contribution in [1.29, 1.82) is 0 Å². The van der Waals surface area contributed by atoms with Crippen molar-refractivity contribution >= 4 is 77.1 Å². The number of halogens is 3. The summed E-state index contributed by atoms with van der Waals surface area (Å²) in [4.78, 5) is 45.4. The van der Waals surface area contributed by atoms with E-state index in [1.807, 2.05) is 0 Å². The minimum Gasteiger partial charge on any atom is -0.464 e. The van der Waals surface area contributed by atoms with Crippen molar-refractivity contribution < 1.29 is 19.1 Å². The van der Waals surface area contributed by atoms with Crippen LogP contribution in [0.15, 0.2) is 59.7 Å². The molecule has 0 spiro atoms. The molecule has 4 aromatic heterocycles. The van der Waals surface area contributed by atoms with Gasteiger partial charge in [-0.15, -0.1) is 0 Å². The van der Waals surface area contributed by atoms with Crippen molar-refractivity contribution in [2.45, 2.75) is 0 Å². The van der Waals surface area contributed by atoms with Gasteiger partial charge in [0.15, 0.2) is 5.82 Å². The number of aromatic nitrogens is 6. The van der Waals surface area contributed by atoms with Crippen molar-refractivity contribution in [3.63, 3.8) is 0 Å². The van der Waals surface area contributed by atoms with E-state index in [1.54, 1.807) is 52.7 Å². The number of hydrogen-bond donors (Lipinski definition) is 2. The van der Waals surface area contributed by atoms with Crippen molar-refractivity contribution in [3.8, 4) is 0 Å². The molecular formula is C24H27Br3N8O6. The number of carbonyl (C=O) groups is 2. The smallest absolute Gasteiger partial charge is 0.356 e. The van der Waals surface area contributed by atoms with Crippen LogP contribution in [0.3, 0.4) is 0 Å². The standard InChI is InChI=1S/C12H13BrN4O3.C6H5Br2NO.C6H9N3O2/c1-16-6-7(13)4-8(11(16)18)14-10-5-9(12(19)20-3)17(2)15-10;1-9-3-4(7)2-5(8)6(9)10;1-9-4(6(10)11-2)3-5(7)8-9/h4-6H,1-3H3,(H,14,15);2-3H,1H3;3H,1-2H3,(H2,7,8). The van der Waals surface area contributed by atoms with Crippen LogP contribution in [0.1, 0.15) is 21.0 Å². The molecule has 0 aliphatic rings. The van der Waals surface area contributed by atoms with E-state index in [0.29, 0.717) is 33.2 Å². The number of pyridine rings is 2. The fourth-order valence-electron chi connectivity index (χ4n) is 3.14. The molecule has 3 N–H and O–H groups in total. The highest BCUT2D eigenvalue weighted by Gasteiger charge is 2.15. The summed E-state index contributed by atoms with van der Waals surface area (Å²) in [7, 11) is 9.21. The summed E-state index contributed by atoms with van der Waals surface area (Å²) in [6.45, 7) is 0. The van der Waals surface area contributed by atoms with Gasteiger partial charge >= 0.3 is 11.9 Å². The maximum absolute atomic E-state index is 12.0. The van der Waals surface area contributed by atoms with Gasteiger partial charge in [0.25, 0.3) is 11.1 Å². The first-order valence-corrected chi connectivity index (χ1v) is 13.7. The van der Waals surface area contributed by atoms with Crippen LogP contribution >= 0.6 is 47.8 Å². The predicted octanol–water partition coefficient (Wildman–Crippen LogP) is 3.11. The molecule has 0 saturated heterocycles. The number of carbonyl (C=O) groups excluding carboxylic acids is 2. The Morgan fingerprint density at radius 1 is 0.780 bits per heavy atom. The lowest BCUT2D eigenvalue weighted by atomic mass is 10.3. The number of nitrogens with one attached hydrogen (secondary N) is 1. The first-order chi connectivity index (χ1) is 19.2. The zero-order chi connectivity index (χ0) is 31.0. The highest BCUT2D eigenvalue weighted by Crippen LogP contribution is 2.17. The van der Waals surface area contributed by atoms with E-state index in [9.17, 15) is 19.2 Å². The number of anilines is 3. The van der Waals surface area contributed by atoms with Gasteiger partial charge in [-0.3, -0.25) is 19.0 Å². The monoisotopic (exact) mass is 760 g/mol. The summed E-state index contributed by atoms with van der Waals surface area (Å²) in [5.74, 6) is -0.220. The highest BCUT2D eigenvalue weighted by molar-refractivity contribution is 9.11. The van der Waals surface area contributed by atoms with Gasteiger partial charge in [0.05, 0.1) is 18.7 Å². The van der Waals surface area contributed by atoms with Gasteiger partial charge in [0, 0.05) is 61.7 Å². The third-order valence-corrected chi connectivity index (χ3v) is 6.52. The summed E-state index contributed by atoms with van der Waals surface area (Å²) >= 11 is 9.71. The van der Waals surface area contributed by atoms with Crippen molar-refractivity contribution in [2.24, 2.45) is 28.2 Å². The molecule has 4 aromatic rings. The molecule has 0 aliphatic heterocycles. The Morgan fingerprint density at radius 2 is 1.27 bits per heavy atom. The van der Waals surface area contributed by atoms with Crippen LogP contribution in [-0.2, 0) is 37.7 Å². The average molecular weight is 763 g/mol. The predicted molar refractivity (Wildman–Crippen MR) is 163 cm³/mol. The summed E-state index contributed by atoms with van der Waals surface area (Å²) in [5.41, 5.74) is 6.11. The Hall–Kier alpha value is -3.70. The highest BCUT2D eigenvalue weighted by atomic mass is 79.9. The van der Waals surface area contributed by atoms with E-state index in [2.05, 4.69) is 72.8 Å². The van der Waals surface area contributed by atoms with Crippen molar-refractivity contribution in [2.75, 3.05) is 25.3 Å². The van der Waals surface area contributed by atoms with Crippen LogP contribution < -0.4 is 22.2 Å². The quantitative estimate of drug-likeness (QED) is 0.295.